The molecular formula is C16H12Cl2N2. The van der Waals surface area contributed by atoms with Crippen LogP contribution in [0.4, 0.5) is 11.4 Å². The molecule has 1 N–H and O–H groups in total. The maximum Gasteiger partial charge on any atom is 0.0737 e. The summed E-state index contributed by atoms with van der Waals surface area (Å²) >= 11 is 12.0. The zero-order chi connectivity index (χ0) is 13.9. The minimum atomic E-state index is 0.470. The molecule has 2 aromatic carbocycles. The lowest BCUT2D eigenvalue weighted by molar-refractivity contribution is 1.37. The van der Waals surface area contributed by atoms with Crippen LogP contribution in [0.5, 0.6) is 0 Å². The normalized spacial score (nSPS) is 10.7. The standard InChI is InChI=1S/C16H12Cl2N2/c17-10-11-3-1-2-4-14(11)20-15-7-8-19-16-9-12(18)5-6-13(15)16/h1-9H,10H2,(H,19,20). The van der Waals surface area contributed by atoms with E-state index < -0.39 is 0 Å². The summed E-state index contributed by atoms with van der Waals surface area (Å²) in [6.45, 7) is 0. The molecule has 0 radical (unpaired) electrons. The Kier molecular flexibility index (Phi) is 3.77. The molecule has 0 spiro atoms. The summed E-state index contributed by atoms with van der Waals surface area (Å²) in [6, 6.07) is 15.6. The van der Waals surface area contributed by atoms with E-state index in [1.165, 1.54) is 0 Å². The number of nitrogens with zero attached hydrogens (tertiary/aromatic N) is 1. The molecule has 0 unspecified atom stereocenters. The Bertz CT molecular complexity index is 756. The molecule has 1 aromatic heterocycles. The van der Waals surface area contributed by atoms with Crippen molar-refractivity contribution in [2.24, 2.45) is 0 Å². The molecule has 2 nitrogen and oxygen atoms in total. The van der Waals surface area contributed by atoms with Crippen LogP contribution in [0.2, 0.25) is 5.02 Å². The summed E-state index contributed by atoms with van der Waals surface area (Å²) in [5.74, 6) is 0.470. The van der Waals surface area contributed by atoms with Crippen molar-refractivity contribution >= 4 is 45.5 Å². The van der Waals surface area contributed by atoms with Crippen molar-refractivity contribution in [3.8, 4) is 0 Å². The van der Waals surface area contributed by atoms with Crippen LogP contribution in [0.25, 0.3) is 10.9 Å². The maximum absolute atomic E-state index is 6.00. The fraction of sp³-hybridized carbons (Fsp3) is 0.0625. The van der Waals surface area contributed by atoms with E-state index in [1.807, 2.05) is 48.5 Å². The lowest BCUT2D eigenvalue weighted by atomic mass is 10.1. The van der Waals surface area contributed by atoms with Crippen molar-refractivity contribution < 1.29 is 0 Å². The molecule has 0 aliphatic carbocycles. The van der Waals surface area contributed by atoms with Crippen molar-refractivity contribution in [1.29, 1.82) is 0 Å². The lowest BCUT2D eigenvalue weighted by Crippen LogP contribution is -1.95. The van der Waals surface area contributed by atoms with Gasteiger partial charge in [0.05, 0.1) is 5.52 Å². The number of rotatable bonds is 3. The molecule has 100 valence electrons. The van der Waals surface area contributed by atoms with Gasteiger partial charge in [0.1, 0.15) is 0 Å². The van der Waals surface area contributed by atoms with E-state index in [-0.39, 0.29) is 0 Å². The first-order valence-corrected chi connectivity index (χ1v) is 7.14. The lowest BCUT2D eigenvalue weighted by Gasteiger charge is -2.12. The van der Waals surface area contributed by atoms with Gasteiger partial charge in [-0.2, -0.15) is 0 Å². The molecule has 0 aliphatic rings. The number of fused-ring (bicyclic) bond motifs is 1. The number of hydrogen-bond donors (Lipinski definition) is 1. The second-order valence-electron chi connectivity index (χ2n) is 4.44. The number of para-hydroxylation sites is 1. The quantitative estimate of drug-likeness (QED) is 0.658. The summed E-state index contributed by atoms with van der Waals surface area (Å²) in [4.78, 5) is 4.34. The van der Waals surface area contributed by atoms with E-state index in [1.54, 1.807) is 6.20 Å². The zero-order valence-electron chi connectivity index (χ0n) is 10.6. The van der Waals surface area contributed by atoms with E-state index in [9.17, 15) is 0 Å². The highest BCUT2D eigenvalue weighted by Gasteiger charge is 2.05. The predicted octanol–water partition coefficient (Wildman–Crippen LogP) is 5.37. The van der Waals surface area contributed by atoms with Crippen LogP contribution in [0.15, 0.2) is 54.7 Å². The molecule has 3 rings (SSSR count). The van der Waals surface area contributed by atoms with Crippen LogP contribution < -0.4 is 5.32 Å². The summed E-state index contributed by atoms with van der Waals surface area (Å²) in [5.41, 5.74) is 3.92. The first-order chi connectivity index (χ1) is 9.78. The number of benzene rings is 2. The molecular weight excluding hydrogens is 291 g/mol. The number of pyridine rings is 1. The minimum absolute atomic E-state index is 0.470. The Hall–Kier alpha value is -1.77. The van der Waals surface area contributed by atoms with E-state index in [2.05, 4.69) is 10.3 Å². The number of aromatic nitrogens is 1. The average molecular weight is 303 g/mol. The third-order valence-electron chi connectivity index (χ3n) is 3.14. The molecule has 0 amide bonds. The highest BCUT2D eigenvalue weighted by Crippen LogP contribution is 2.28. The van der Waals surface area contributed by atoms with Crippen LogP contribution in [0, 0.1) is 0 Å². The fourth-order valence-electron chi connectivity index (χ4n) is 2.13. The second-order valence-corrected chi connectivity index (χ2v) is 5.14. The van der Waals surface area contributed by atoms with Gasteiger partial charge in [-0.3, -0.25) is 4.98 Å². The van der Waals surface area contributed by atoms with Crippen LogP contribution >= 0.6 is 23.2 Å². The maximum atomic E-state index is 6.00. The summed E-state index contributed by atoms with van der Waals surface area (Å²) in [5, 5.41) is 5.13. The number of nitrogens with one attached hydrogen (secondary N) is 1. The molecule has 4 heteroatoms. The second kappa shape index (κ2) is 5.70. The minimum Gasteiger partial charge on any atom is -0.355 e. The Morgan fingerprint density at radius 1 is 1.00 bits per heavy atom. The summed E-state index contributed by atoms with van der Waals surface area (Å²) in [7, 11) is 0. The van der Waals surface area contributed by atoms with Gasteiger partial charge in [-0.25, -0.2) is 0 Å². The van der Waals surface area contributed by atoms with Crippen LogP contribution in [0.1, 0.15) is 5.56 Å². The molecule has 0 fully saturated rings. The van der Waals surface area contributed by atoms with Gasteiger partial charge in [0.25, 0.3) is 0 Å². The molecule has 0 aliphatic heterocycles. The average Bonchev–Trinajstić information content (AvgIpc) is 2.47. The first kappa shape index (κ1) is 13.2. The number of hydrogen-bond acceptors (Lipinski definition) is 2. The molecule has 0 saturated carbocycles. The fourth-order valence-corrected chi connectivity index (χ4v) is 2.53. The van der Waals surface area contributed by atoms with E-state index in [4.69, 9.17) is 23.2 Å². The molecule has 1 heterocycles. The zero-order valence-corrected chi connectivity index (χ0v) is 12.1. The van der Waals surface area contributed by atoms with Crippen LogP contribution in [-0.4, -0.2) is 4.98 Å². The topological polar surface area (TPSA) is 24.9 Å². The van der Waals surface area contributed by atoms with Gasteiger partial charge in [0.15, 0.2) is 0 Å². The number of anilines is 2. The third kappa shape index (κ3) is 2.58. The Balaban J connectivity index is 2.07. The van der Waals surface area contributed by atoms with Crippen LogP contribution in [-0.2, 0) is 5.88 Å². The summed E-state index contributed by atoms with van der Waals surface area (Å²) in [6.07, 6.45) is 1.77. The molecule has 0 bridgehead atoms. The van der Waals surface area contributed by atoms with Gasteiger partial charge in [-0.1, -0.05) is 29.8 Å². The van der Waals surface area contributed by atoms with Crippen molar-refractivity contribution in [3.05, 3.63) is 65.3 Å². The van der Waals surface area contributed by atoms with E-state index in [0.717, 1.165) is 27.8 Å². The molecule has 0 atom stereocenters. The highest BCUT2D eigenvalue weighted by atomic mass is 35.5. The molecule has 20 heavy (non-hydrogen) atoms. The van der Waals surface area contributed by atoms with Gasteiger partial charge < -0.3 is 5.32 Å². The van der Waals surface area contributed by atoms with Crippen molar-refractivity contribution in [1.82, 2.24) is 4.98 Å². The van der Waals surface area contributed by atoms with Gasteiger partial charge >= 0.3 is 0 Å². The highest BCUT2D eigenvalue weighted by molar-refractivity contribution is 6.31. The SMILES string of the molecule is ClCc1ccccc1Nc1ccnc2cc(Cl)ccc12. The van der Waals surface area contributed by atoms with Crippen molar-refractivity contribution in [2.45, 2.75) is 5.88 Å². The number of halogens is 2. The van der Waals surface area contributed by atoms with Gasteiger partial charge in [0.2, 0.25) is 0 Å². The summed E-state index contributed by atoms with van der Waals surface area (Å²) < 4.78 is 0. The molecule has 0 saturated heterocycles. The van der Waals surface area contributed by atoms with Gasteiger partial charge in [0, 0.05) is 33.9 Å². The predicted molar refractivity (Wildman–Crippen MR) is 86.0 cm³/mol. The Morgan fingerprint density at radius 3 is 2.70 bits per heavy atom. The number of alkyl halides is 1. The smallest absolute Gasteiger partial charge is 0.0737 e. The molecule has 3 aromatic rings. The van der Waals surface area contributed by atoms with E-state index >= 15 is 0 Å². The largest absolute Gasteiger partial charge is 0.355 e. The Labute approximate surface area is 127 Å². The van der Waals surface area contributed by atoms with Gasteiger partial charge in [-0.15, -0.1) is 11.6 Å². The van der Waals surface area contributed by atoms with Gasteiger partial charge in [-0.05, 0) is 35.9 Å². The van der Waals surface area contributed by atoms with E-state index in [0.29, 0.717) is 10.9 Å². The van der Waals surface area contributed by atoms with Crippen molar-refractivity contribution in [3.63, 3.8) is 0 Å². The van der Waals surface area contributed by atoms with Crippen LogP contribution in [0.3, 0.4) is 0 Å². The monoisotopic (exact) mass is 302 g/mol. The first-order valence-electron chi connectivity index (χ1n) is 6.23. The Morgan fingerprint density at radius 2 is 1.85 bits per heavy atom. The van der Waals surface area contributed by atoms with Crippen molar-refractivity contribution in [2.75, 3.05) is 5.32 Å². The third-order valence-corrected chi connectivity index (χ3v) is 3.66.